The lowest BCUT2D eigenvalue weighted by Gasteiger charge is -2.35. The van der Waals surface area contributed by atoms with Gasteiger partial charge < -0.3 is 10.0 Å². The summed E-state index contributed by atoms with van der Waals surface area (Å²) in [6.07, 6.45) is -4.21. The van der Waals surface area contributed by atoms with Crippen molar-refractivity contribution in [2.75, 3.05) is 32.7 Å². The molecule has 1 amide bonds. The maximum absolute atomic E-state index is 12.5. The van der Waals surface area contributed by atoms with Crippen molar-refractivity contribution in [1.29, 1.82) is 0 Å². The van der Waals surface area contributed by atoms with Crippen LogP contribution >= 0.6 is 0 Å². The first-order chi connectivity index (χ1) is 12.3. The van der Waals surface area contributed by atoms with E-state index < -0.39 is 12.7 Å². The smallest absolute Gasteiger partial charge is 0.401 e. The van der Waals surface area contributed by atoms with E-state index in [9.17, 15) is 23.1 Å². The lowest BCUT2D eigenvalue weighted by Crippen LogP contribution is -2.50. The van der Waals surface area contributed by atoms with Gasteiger partial charge >= 0.3 is 6.18 Å². The van der Waals surface area contributed by atoms with Crippen LogP contribution < -0.4 is 0 Å². The van der Waals surface area contributed by atoms with Gasteiger partial charge in [0.1, 0.15) is 5.75 Å². The van der Waals surface area contributed by atoms with Crippen LogP contribution in [0.25, 0.3) is 11.1 Å². The lowest BCUT2D eigenvalue weighted by atomic mass is 10.0. The molecule has 0 atom stereocenters. The quantitative estimate of drug-likeness (QED) is 0.908. The van der Waals surface area contributed by atoms with Gasteiger partial charge in [-0.3, -0.25) is 9.69 Å². The molecule has 1 heterocycles. The van der Waals surface area contributed by atoms with Crippen molar-refractivity contribution in [3.8, 4) is 16.9 Å². The highest BCUT2D eigenvalue weighted by molar-refractivity contribution is 5.94. The third-order valence-corrected chi connectivity index (χ3v) is 4.39. The fourth-order valence-corrected chi connectivity index (χ4v) is 3.00. The first-order valence-corrected chi connectivity index (χ1v) is 8.30. The molecule has 0 bridgehead atoms. The monoisotopic (exact) mass is 364 g/mol. The van der Waals surface area contributed by atoms with Crippen molar-refractivity contribution in [3.05, 3.63) is 54.1 Å². The molecule has 0 radical (unpaired) electrons. The van der Waals surface area contributed by atoms with Crippen LogP contribution in [0.4, 0.5) is 13.2 Å². The Morgan fingerprint density at radius 2 is 1.38 bits per heavy atom. The Morgan fingerprint density at radius 3 is 1.88 bits per heavy atom. The topological polar surface area (TPSA) is 43.8 Å². The molecular formula is C19H19F3N2O2. The van der Waals surface area contributed by atoms with Crippen molar-refractivity contribution in [1.82, 2.24) is 9.80 Å². The molecule has 0 spiro atoms. The maximum atomic E-state index is 12.5. The molecule has 0 unspecified atom stereocenters. The van der Waals surface area contributed by atoms with E-state index in [1.165, 1.54) is 4.90 Å². The van der Waals surface area contributed by atoms with Gasteiger partial charge in [-0.05, 0) is 35.4 Å². The molecule has 1 N–H and O–H groups in total. The number of benzene rings is 2. The Morgan fingerprint density at radius 1 is 0.885 bits per heavy atom. The van der Waals surface area contributed by atoms with E-state index in [1.807, 2.05) is 12.1 Å². The summed E-state index contributed by atoms with van der Waals surface area (Å²) in [5.41, 5.74) is 2.34. The second-order valence-electron chi connectivity index (χ2n) is 6.31. The minimum Gasteiger partial charge on any atom is -0.508 e. The molecule has 3 rings (SSSR count). The van der Waals surface area contributed by atoms with Crippen LogP contribution in [0.15, 0.2) is 48.5 Å². The minimum atomic E-state index is -4.21. The van der Waals surface area contributed by atoms with E-state index in [2.05, 4.69) is 0 Å². The second-order valence-corrected chi connectivity index (χ2v) is 6.31. The van der Waals surface area contributed by atoms with E-state index in [0.717, 1.165) is 11.1 Å². The third-order valence-electron chi connectivity index (χ3n) is 4.39. The summed E-state index contributed by atoms with van der Waals surface area (Å²) < 4.78 is 37.3. The summed E-state index contributed by atoms with van der Waals surface area (Å²) >= 11 is 0. The summed E-state index contributed by atoms with van der Waals surface area (Å²) in [6, 6.07) is 13.8. The molecule has 1 saturated heterocycles. The van der Waals surface area contributed by atoms with E-state index in [4.69, 9.17) is 0 Å². The summed E-state index contributed by atoms with van der Waals surface area (Å²) in [7, 11) is 0. The Bertz CT molecular complexity index is 750. The van der Waals surface area contributed by atoms with Gasteiger partial charge in [0.05, 0.1) is 6.54 Å². The number of halogens is 3. The highest BCUT2D eigenvalue weighted by Gasteiger charge is 2.32. The average molecular weight is 364 g/mol. The SMILES string of the molecule is O=C(c1ccc(-c2ccc(O)cc2)cc1)N1CCN(CC(F)(F)F)CC1. The number of aromatic hydroxyl groups is 1. The van der Waals surface area contributed by atoms with Gasteiger partial charge in [-0.15, -0.1) is 0 Å². The van der Waals surface area contributed by atoms with Gasteiger partial charge in [0, 0.05) is 31.7 Å². The number of alkyl halides is 3. The third kappa shape index (κ3) is 4.54. The molecule has 1 aliphatic heterocycles. The van der Waals surface area contributed by atoms with Crippen LogP contribution in [0.2, 0.25) is 0 Å². The molecule has 4 nitrogen and oxygen atoms in total. The number of hydrogen-bond donors (Lipinski definition) is 1. The normalized spacial score (nSPS) is 15.9. The fourth-order valence-electron chi connectivity index (χ4n) is 3.00. The molecule has 138 valence electrons. The number of carbonyl (C=O) groups excluding carboxylic acids is 1. The number of phenolic OH excluding ortho intramolecular Hbond substituents is 1. The van der Waals surface area contributed by atoms with Gasteiger partial charge in [-0.25, -0.2) is 0 Å². The van der Waals surface area contributed by atoms with Crippen molar-refractivity contribution >= 4 is 5.91 Å². The predicted molar refractivity (Wildman–Crippen MR) is 91.9 cm³/mol. The molecule has 2 aromatic rings. The van der Waals surface area contributed by atoms with Crippen molar-refractivity contribution in [2.24, 2.45) is 0 Å². The number of piperazine rings is 1. The Kier molecular flexibility index (Phi) is 5.18. The number of amides is 1. The number of nitrogens with zero attached hydrogens (tertiary/aromatic N) is 2. The zero-order chi connectivity index (χ0) is 18.7. The maximum Gasteiger partial charge on any atom is 0.401 e. The van der Waals surface area contributed by atoms with Crippen molar-refractivity contribution in [3.63, 3.8) is 0 Å². The predicted octanol–water partition coefficient (Wildman–Crippen LogP) is 3.38. The van der Waals surface area contributed by atoms with Gasteiger partial charge in [0.2, 0.25) is 0 Å². The Balaban J connectivity index is 1.61. The van der Waals surface area contributed by atoms with E-state index >= 15 is 0 Å². The molecule has 2 aromatic carbocycles. The van der Waals surface area contributed by atoms with Gasteiger partial charge in [-0.2, -0.15) is 13.2 Å². The van der Waals surface area contributed by atoms with Crippen LogP contribution in [0.3, 0.4) is 0 Å². The average Bonchev–Trinajstić information content (AvgIpc) is 2.61. The molecule has 26 heavy (non-hydrogen) atoms. The summed E-state index contributed by atoms with van der Waals surface area (Å²) in [6.45, 7) is 0.0767. The van der Waals surface area contributed by atoms with Crippen molar-refractivity contribution < 1.29 is 23.1 Å². The fraction of sp³-hybridized carbons (Fsp3) is 0.316. The Hall–Kier alpha value is -2.54. The van der Waals surface area contributed by atoms with Gasteiger partial charge in [0.15, 0.2) is 0 Å². The highest BCUT2D eigenvalue weighted by atomic mass is 19.4. The van der Waals surface area contributed by atoms with Crippen LogP contribution in [0.5, 0.6) is 5.75 Å². The second kappa shape index (κ2) is 7.37. The summed E-state index contributed by atoms with van der Waals surface area (Å²) in [5.74, 6) is 0.0131. The first-order valence-electron chi connectivity index (χ1n) is 8.30. The molecular weight excluding hydrogens is 345 g/mol. The van der Waals surface area contributed by atoms with Gasteiger partial charge in [0.25, 0.3) is 5.91 Å². The molecule has 7 heteroatoms. The number of hydrogen-bond acceptors (Lipinski definition) is 3. The van der Waals surface area contributed by atoms with Crippen LogP contribution in [0.1, 0.15) is 10.4 Å². The molecule has 0 aromatic heterocycles. The summed E-state index contributed by atoms with van der Waals surface area (Å²) in [4.78, 5) is 15.4. The first kappa shape index (κ1) is 18.3. The number of carbonyl (C=O) groups is 1. The van der Waals surface area contributed by atoms with Crippen LogP contribution in [-0.2, 0) is 0 Å². The zero-order valence-electron chi connectivity index (χ0n) is 14.0. The van der Waals surface area contributed by atoms with Crippen molar-refractivity contribution in [2.45, 2.75) is 6.18 Å². The summed E-state index contributed by atoms with van der Waals surface area (Å²) in [5, 5.41) is 9.33. The molecule has 1 aliphatic rings. The van der Waals surface area contributed by atoms with Crippen LogP contribution in [0, 0.1) is 0 Å². The minimum absolute atomic E-state index is 0.172. The molecule has 0 saturated carbocycles. The zero-order valence-corrected chi connectivity index (χ0v) is 14.0. The van der Waals surface area contributed by atoms with E-state index in [1.54, 1.807) is 41.3 Å². The standard InChI is InChI=1S/C19H19F3N2O2/c20-19(21,22)13-23-9-11-24(12-10-23)18(26)16-3-1-14(2-4-16)15-5-7-17(25)8-6-15/h1-8,25H,9-13H2. The van der Waals surface area contributed by atoms with E-state index in [-0.39, 0.29) is 37.8 Å². The van der Waals surface area contributed by atoms with Crippen LogP contribution in [-0.4, -0.2) is 59.7 Å². The highest BCUT2D eigenvalue weighted by Crippen LogP contribution is 2.23. The largest absolute Gasteiger partial charge is 0.508 e. The number of rotatable bonds is 3. The molecule has 0 aliphatic carbocycles. The van der Waals surface area contributed by atoms with Gasteiger partial charge in [-0.1, -0.05) is 24.3 Å². The number of phenols is 1. The Labute approximate surface area is 149 Å². The molecule has 1 fully saturated rings. The van der Waals surface area contributed by atoms with E-state index in [0.29, 0.717) is 5.56 Å². The lowest BCUT2D eigenvalue weighted by molar-refractivity contribution is -0.148.